The highest BCUT2D eigenvalue weighted by Gasteiger charge is 2.25. The van der Waals surface area contributed by atoms with Gasteiger partial charge in [0.2, 0.25) is 15.0 Å². The van der Waals surface area contributed by atoms with Crippen LogP contribution in [0.25, 0.3) is 6.08 Å². The van der Waals surface area contributed by atoms with Crippen LogP contribution in [0.2, 0.25) is 0 Å². The first-order valence-corrected chi connectivity index (χ1v) is 9.36. The molecule has 2 N–H and O–H groups in total. The van der Waals surface area contributed by atoms with Crippen LogP contribution < -0.4 is 5.32 Å². The maximum absolute atomic E-state index is 12.1. The Morgan fingerprint density at radius 1 is 1.36 bits per heavy atom. The van der Waals surface area contributed by atoms with Gasteiger partial charge in [-0.05, 0) is 37.6 Å². The summed E-state index contributed by atoms with van der Waals surface area (Å²) < 4.78 is 27.7. The topological polar surface area (TPSA) is 133 Å². The molecule has 0 atom stereocenters. The summed E-state index contributed by atoms with van der Waals surface area (Å²) >= 11 is 0.716. The molecule has 2 aromatic rings. The van der Waals surface area contributed by atoms with Crippen molar-refractivity contribution in [3.63, 3.8) is 0 Å². The Balaban J connectivity index is 2.20. The number of benzene rings is 1. The zero-order chi connectivity index (χ0) is 18.6. The van der Waals surface area contributed by atoms with Gasteiger partial charge in [0.1, 0.15) is 17.4 Å². The third-order valence-electron chi connectivity index (χ3n) is 3.07. The molecule has 10 heteroatoms. The molecule has 1 amide bonds. The van der Waals surface area contributed by atoms with Crippen LogP contribution in [0.15, 0.2) is 35.0 Å². The second kappa shape index (κ2) is 7.42. The van der Waals surface area contributed by atoms with Crippen molar-refractivity contribution in [2.45, 2.75) is 24.3 Å². The van der Waals surface area contributed by atoms with Crippen LogP contribution in [0.3, 0.4) is 0 Å². The van der Waals surface area contributed by atoms with Gasteiger partial charge in [-0.25, -0.2) is 8.42 Å². The minimum Gasteiger partial charge on any atom is -0.508 e. The highest BCUT2D eigenvalue weighted by atomic mass is 32.2. The van der Waals surface area contributed by atoms with E-state index in [2.05, 4.69) is 14.7 Å². The van der Waals surface area contributed by atoms with Crippen molar-refractivity contribution in [2.24, 2.45) is 0 Å². The SMILES string of the molecule is CC(C)S(=O)(=O)c1nsc(NC(=O)C(C#N)=Cc2ccc(O)cc2)n1. The van der Waals surface area contributed by atoms with Crippen LogP contribution >= 0.6 is 11.5 Å². The molecule has 8 nitrogen and oxygen atoms in total. The van der Waals surface area contributed by atoms with Crippen LogP contribution in [0.5, 0.6) is 5.75 Å². The molecule has 0 aliphatic rings. The second-order valence-electron chi connectivity index (χ2n) is 5.19. The number of aromatic hydroxyl groups is 1. The molecule has 0 spiro atoms. The minimum absolute atomic E-state index is 0.0175. The first-order valence-electron chi connectivity index (χ1n) is 7.04. The lowest BCUT2D eigenvalue weighted by molar-refractivity contribution is -0.112. The number of phenolic OH excluding ortho intramolecular Hbond substituents is 1. The molecule has 2 rings (SSSR count). The molecule has 0 saturated heterocycles. The van der Waals surface area contributed by atoms with Gasteiger partial charge < -0.3 is 5.11 Å². The molecular weight excluding hydrogens is 364 g/mol. The van der Waals surface area contributed by atoms with Crippen molar-refractivity contribution in [1.82, 2.24) is 9.36 Å². The van der Waals surface area contributed by atoms with Crippen LogP contribution in [-0.2, 0) is 14.6 Å². The van der Waals surface area contributed by atoms with E-state index in [1.54, 1.807) is 6.07 Å². The summed E-state index contributed by atoms with van der Waals surface area (Å²) in [6, 6.07) is 7.69. The smallest absolute Gasteiger partial charge is 0.268 e. The van der Waals surface area contributed by atoms with Crippen molar-refractivity contribution < 1.29 is 18.3 Å². The lowest BCUT2D eigenvalue weighted by atomic mass is 10.1. The number of phenols is 1. The molecule has 0 saturated carbocycles. The minimum atomic E-state index is -3.64. The van der Waals surface area contributed by atoms with Gasteiger partial charge >= 0.3 is 0 Å². The number of nitrogens with zero attached hydrogens (tertiary/aromatic N) is 3. The fraction of sp³-hybridized carbons (Fsp3) is 0.200. The van der Waals surface area contributed by atoms with Gasteiger partial charge in [-0.1, -0.05) is 12.1 Å². The Bertz CT molecular complexity index is 954. The van der Waals surface area contributed by atoms with Gasteiger partial charge in [0, 0.05) is 11.5 Å². The van der Waals surface area contributed by atoms with Gasteiger partial charge in [0.25, 0.3) is 11.1 Å². The predicted octanol–water partition coefficient (Wildman–Crippen LogP) is 1.97. The molecule has 130 valence electrons. The zero-order valence-corrected chi connectivity index (χ0v) is 14.9. The summed E-state index contributed by atoms with van der Waals surface area (Å²) in [5, 5.41) is 19.7. The molecule has 1 heterocycles. The van der Waals surface area contributed by atoms with Gasteiger partial charge in [0.05, 0.1) is 5.25 Å². The normalized spacial score (nSPS) is 12.0. The number of nitrogens with one attached hydrogen (secondary N) is 1. The van der Waals surface area contributed by atoms with E-state index in [4.69, 9.17) is 5.26 Å². The standard InChI is InChI=1S/C15H14N4O4S2/c1-9(2)25(22,23)15-18-14(24-19-15)17-13(21)11(8-16)7-10-3-5-12(20)6-4-10/h3-7,9,20H,1-2H3,(H,17,18,19,21). The van der Waals surface area contributed by atoms with Crippen LogP contribution in [0.1, 0.15) is 19.4 Å². The maximum atomic E-state index is 12.1. The number of hydrogen-bond acceptors (Lipinski definition) is 8. The summed E-state index contributed by atoms with van der Waals surface area (Å²) in [6.45, 7) is 3.01. The van der Waals surface area contributed by atoms with Crippen molar-refractivity contribution in [2.75, 3.05) is 5.32 Å². The molecular formula is C15H14N4O4S2. The van der Waals surface area contributed by atoms with Gasteiger partial charge in [-0.15, -0.1) is 0 Å². The number of sulfone groups is 1. The number of carbonyl (C=O) groups excluding carboxylic acids is 1. The summed E-state index contributed by atoms with van der Waals surface area (Å²) in [5.74, 6) is -0.673. The van der Waals surface area contributed by atoms with E-state index in [1.807, 2.05) is 0 Å². The Labute approximate surface area is 148 Å². The maximum Gasteiger partial charge on any atom is 0.268 e. The van der Waals surface area contributed by atoms with E-state index in [-0.39, 0.29) is 21.6 Å². The first kappa shape index (κ1) is 18.6. The van der Waals surface area contributed by atoms with Crippen molar-refractivity contribution >= 4 is 38.5 Å². The summed E-state index contributed by atoms with van der Waals surface area (Å²) in [7, 11) is -3.64. The number of hydrogen-bond donors (Lipinski definition) is 2. The van der Waals surface area contributed by atoms with E-state index < -0.39 is 21.0 Å². The van der Waals surface area contributed by atoms with Crippen molar-refractivity contribution in [3.05, 3.63) is 35.4 Å². The van der Waals surface area contributed by atoms with E-state index in [9.17, 15) is 18.3 Å². The molecule has 0 bridgehead atoms. The van der Waals surface area contributed by atoms with Gasteiger partial charge in [-0.2, -0.15) is 14.6 Å². The predicted molar refractivity (Wildman–Crippen MR) is 92.6 cm³/mol. The van der Waals surface area contributed by atoms with E-state index in [0.717, 1.165) is 0 Å². The molecule has 1 aromatic heterocycles. The molecule has 1 aromatic carbocycles. The molecule has 0 aliphatic carbocycles. The average Bonchev–Trinajstić information content (AvgIpc) is 3.03. The second-order valence-corrected chi connectivity index (χ2v) is 8.34. The van der Waals surface area contributed by atoms with Crippen molar-refractivity contribution in [1.29, 1.82) is 5.26 Å². The highest BCUT2D eigenvalue weighted by Crippen LogP contribution is 2.19. The summed E-state index contributed by atoms with van der Waals surface area (Å²) in [4.78, 5) is 15.9. The number of rotatable bonds is 5. The third-order valence-corrected chi connectivity index (χ3v) is 5.75. The van der Waals surface area contributed by atoms with E-state index in [1.165, 1.54) is 44.2 Å². The third kappa shape index (κ3) is 4.40. The summed E-state index contributed by atoms with van der Waals surface area (Å²) in [6.07, 6.45) is 1.33. The molecule has 0 unspecified atom stereocenters. The van der Waals surface area contributed by atoms with Crippen molar-refractivity contribution in [3.8, 4) is 11.8 Å². The number of amides is 1. The number of anilines is 1. The van der Waals surface area contributed by atoms with Crippen LogP contribution in [-0.4, -0.2) is 34.0 Å². The van der Waals surface area contributed by atoms with Crippen LogP contribution in [0.4, 0.5) is 5.13 Å². The number of aromatic nitrogens is 2. The largest absolute Gasteiger partial charge is 0.508 e. The van der Waals surface area contributed by atoms with E-state index in [0.29, 0.717) is 17.1 Å². The van der Waals surface area contributed by atoms with Crippen LogP contribution in [0, 0.1) is 11.3 Å². The Hall–Kier alpha value is -2.77. The quantitative estimate of drug-likeness (QED) is 0.600. The Kier molecular flexibility index (Phi) is 5.51. The highest BCUT2D eigenvalue weighted by molar-refractivity contribution is 7.91. The monoisotopic (exact) mass is 378 g/mol. The fourth-order valence-corrected chi connectivity index (χ4v) is 3.33. The first-order chi connectivity index (χ1) is 11.7. The fourth-order valence-electron chi connectivity index (χ4n) is 1.64. The lowest BCUT2D eigenvalue weighted by Crippen LogP contribution is -2.16. The summed E-state index contributed by atoms with van der Waals surface area (Å²) in [5.41, 5.74) is 0.346. The Morgan fingerprint density at radius 3 is 2.56 bits per heavy atom. The zero-order valence-electron chi connectivity index (χ0n) is 13.3. The molecule has 0 fully saturated rings. The lowest BCUT2D eigenvalue weighted by Gasteiger charge is -2.02. The molecule has 25 heavy (non-hydrogen) atoms. The molecule has 0 radical (unpaired) electrons. The molecule has 0 aliphatic heterocycles. The van der Waals surface area contributed by atoms with Gasteiger partial charge in [-0.3, -0.25) is 10.1 Å². The number of nitriles is 1. The number of carbonyl (C=O) groups is 1. The average molecular weight is 378 g/mol. The van der Waals surface area contributed by atoms with Gasteiger partial charge in [0.15, 0.2) is 0 Å². The van der Waals surface area contributed by atoms with E-state index >= 15 is 0 Å². The Morgan fingerprint density at radius 2 is 2.00 bits per heavy atom.